The maximum Gasteiger partial charge on any atom is 0.146 e. The fourth-order valence-corrected chi connectivity index (χ4v) is 2.43. The summed E-state index contributed by atoms with van der Waals surface area (Å²) in [4.78, 5) is 8.94. The Kier molecular flexibility index (Phi) is 3.86. The molecular formula is C17H16N4O. The lowest BCUT2D eigenvalue weighted by atomic mass is 10.1. The van der Waals surface area contributed by atoms with Crippen molar-refractivity contribution in [3.63, 3.8) is 0 Å². The zero-order valence-electron chi connectivity index (χ0n) is 12.2. The molecule has 0 saturated carbocycles. The van der Waals surface area contributed by atoms with E-state index in [4.69, 9.17) is 0 Å². The van der Waals surface area contributed by atoms with E-state index in [1.165, 1.54) is 0 Å². The van der Waals surface area contributed by atoms with E-state index in [1.54, 1.807) is 6.20 Å². The van der Waals surface area contributed by atoms with Crippen LogP contribution in [0.15, 0.2) is 36.5 Å². The minimum Gasteiger partial charge on any atom is -0.394 e. The number of benzene rings is 1. The Hall–Kier alpha value is -2.71. The van der Waals surface area contributed by atoms with Crippen molar-refractivity contribution >= 4 is 27.6 Å². The average Bonchev–Trinajstić information content (AvgIpc) is 2.57. The monoisotopic (exact) mass is 292 g/mol. The van der Waals surface area contributed by atoms with Gasteiger partial charge >= 0.3 is 0 Å². The molecule has 110 valence electrons. The summed E-state index contributed by atoms with van der Waals surface area (Å²) < 4.78 is 0. The van der Waals surface area contributed by atoms with Crippen LogP contribution in [-0.4, -0.2) is 27.7 Å². The molecule has 0 saturated heterocycles. The van der Waals surface area contributed by atoms with Crippen LogP contribution in [0.1, 0.15) is 18.9 Å². The topological polar surface area (TPSA) is 81.8 Å². The van der Waals surface area contributed by atoms with E-state index in [0.29, 0.717) is 16.9 Å². The minimum atomic E-state index is -0.127. The van der Waals surface area contributed by atoms with Crippen molar-refractivity contribution in [1.29, 1.82) is 5.26 Å². The second-order valence-corrected chi connectivity index (χ2v) is 5.14. The molecule has 5 nitrogen and oxygen atoms in total. The molecule has 0 fully saturated rings. The summed E-state index contributed by atoms with van der Waals surface area (Å²) in [5, 5.41) is 23.8. The Morgan fingerprint density at radius 2 is 2.14 bits per heavy atom. The molecule has 2 N–H and O–H groups in total. The Morgan fingerprint density at radius 1 is 1.32 bits per heavy atom. The molecule has 3 rings (SSSR count). The van der Waals surface area contributed by atoms with E-state index < -0.39 is 0 Å². The number of nitrogens with one attached hydrogen (secondary N) is 1. The Bertz CT molecular complexity index is 866. The summed E-state index contributed by atoms with van der Waals surface area (Å²) in [7, 11) is 0. The molecule has 0 aliphatic heterocycles. The van der Waals surface area contributed by atoms with Gasteiger partial charge in [-0.05, 0) is 18.6 Å². The van der Waals surface area contributed by atoms with Gasteiger partial charge in [0.1, 0.15) is 17.5 Å². The third-order valence-electron chi connectivity index (χ3n) is 3.73. The molecule has 0 aliphatic rings. The van der Waals surface area contributed by atoms with Gasteiger partial charge in [-0.25, -0.2) is 9.97 Å². The van der Waals surface area contributed by atoms with Gasteiger partial charge in [-0.3, -0.25) is 0 Å². The van der Waals surface area contributed by atoms with Crippen LogP contribution in [0.4, 0.5) is 5.82 Å². The van der Waals surface area contributed by atoms with E-state index in [-0.39, 0.29) is 12.6 Å². The first-order valence-corrected chi connectivity index (χ1v) is 7.22. The molecule has 2 heterocycles. The number of rotatable bonds is 4. The summed E-state index contributed by atoms with van der Waals surface area (Å²) >= 11 is 0. The van der Waals surface area contributed by atoms with Gasteiger partial charge in [-0.15, -0.1) is 0 Å². The normalized spacial score (nSPS) is 12.2. The van der Waals surface area contributed by atoms with Crippen LogP contribution in [0.2, 0.25) is 0 Å². The third kappa shape index (κ3) is 2.45. The Morgan fingerprint density at radius 3 is 2.86 bits per heavy atom. The second kappa shape index (κ2) is 5.96. The molecule has 1 unspecified atom stereocenters. The van der Waals surface area contributed by atoms with Crippen molar-refractivity contribution in [3.05, 3.63) is 42.1 Å². The summed E-state index contributed by atoms with van der Waals surface area (Å²) in [6, 6.07) is 11.8. The van der Waals surface area contributed by atoms with Crippen LogP contribution in [0.3, 0.4) is 0 Å². The Balaban J connectivity index is 2.20. The first-order valence-electron chi connectivity index (χ1n) is 7.22. The standard InChI is InChI=1S/C17H16N4O/c1-2-13(10-22)20-17-14(8-18)16-12(9-19-17)7-11-5-3-4-6-15(11)21-16/h3-7,9,13,22H,2,10H2,1H3,(H,19,20). The average molecular weight is 292 g/mol. The first-order chi connectivity index (χ1) is 10.8. The van der Waals surface area contributed by atoms with Crippen molar-refractivity contribution < 1.29 is 5.11 Å². The molecule has 0 spiro atoms. The van der Waals surface area contributed by atoms with Crippen LogP contribution in [-0.2, 0) is 0 Å². The van der Waals surface area contributed by atoms with Crippen molar-refractivity contribution in [2.45, 2.75) is 19.4 Å². The number of nitriles is 1. The fraction of sp³-hybridized carbons (Fsp3) is 0.235. The summed E-state index contributed by atoms with van der Waals surface area (Å²) in [6.07, 6.45) is 2.45. The fourth-order valence-electron chi connectivity index (χ4n) is 2.43. The zero-order valence-corrected chi connectivity index (χ0v) is 12.2. The van der Waals surface area contributed by atoms with Crippen molar-refractivity contribution in [2.24, 2.45) is 0 Å². The number of pyridine rings is 2. The maximum absolute atomic E-state index is 9.51. The van der Waals surface area contributed by atoms with Gasteiger partial charge in [0.25, 0.3) is 0 Å². The minimum absolute atomic E-state index is 0.00770. The summed E-state index contributed by atoms with van der Waals surface area (Å²) in [5.74, 6) is 0.471. The zero-order chi connectivity index (χ0) is 15.5. The van der Waals surface area contributed by atoms with E-state index in [2.05, 4.69) is 21.4 Å². The highest BCUT2D eigenvalue weighted by molar-refractivity contribution is 5.96. The number of para-hydroxylation sites is 1. The molecule has 1 aromatic carbocycles. The van der Waals surface area contributed by atoms with E-state index in [0.717, 1.165) is 22.7 Å². The van der Waals surface area contributed by atoms with E-state index >= 15 is 0 Å². The van der Waals surface area contributed by atoms with Gasteiger partial charge in [-0.1, -0.05) is 25.1 Å². The molecule has 0 aliphatic carbocycles. The molecule has 0 radical (unpaired) electrons. The number of hydrogen-bond donors (Lipinski definition) is 2. The van der Waals surface area contributed by atoms with Crippen molar-refractivity contribution in [3.8, 4) is 6.07 Å². The number of anilines is 1. The smallest absolute Gasteiger partial charge is 0.146 e. The second-order valence-electron chi connectivity index (χ2n) is 5.14. The van der Waals surface area contributed by atoms with Crippen molar-refractivity contribution in [2.75, 3.05) is 11.9 Å². The number of aliphatic hydroxyl groups is 1. The lowest BCUT2D eigenvalue weighted by Gasteiger charge is -2.16. The van der Waals surface area contributed by atoms with Crippen LogP contribution >= 0.6 is 0 Å². The SMILES string of the molecule is CCC(CO)Nc1ncc2cc3ccccc3nc2c1C#N. The van der Waals surface area contributed by atoms with Gasteiger partial charge in [0.2, 0.25) is 0 Å². The van der Waals surface area contributed by atoms with Crippen molar-refractivity contribution in [1.82, 2.24) is 9.97 Å². The lowest BCUT2D eigenvalue weighted by Crippen LogP contribution is -2.23. The van der Waals surface area contributed by atoms with Crippen LogP contribution in [0.5, 0.6) is 0 Å². The van der Waals surface area contributed by atoms with Crippen LogP contribution < -0.4 is 5.32 Å². The molecule has 1 atom stereocenters. The van der Waals surface area contributed by atoms with Gasteiger partial charge in [-0.2, -0.15) is 5.26 Å². The molecule has 0 amide bonds. The Labute approximate surface area is 128 Å². The van der Waals surface area contributed by atoms with Gasteiger partial charge in [0.15, 0.2) is 0 Å². The molecule has 5 heteroatoms. The van der Waals surface area contributed by atoms with E-state index in [1.807, 2.05) is 37.3 Å². The highest BCUT2D eigenvalue weighted by Crippen LogP contribution is 2.25. The number of hydrogen-bond acceptors (Lipinski definition) is 5. The lowest BCUT2D eigenvalue weighted by molar-refractivity contribution is 0.271. The predicted octanol–water partition coefficient (Wildman–Crippen LogP) is 2.84. The summed E-state index contributed by atoms with van der Waals surface area (Å²) in [5.41, 5.74) is 1.89. The quantitative estimate of drug-likeness (QED) is 0.723. The predicted molar refractivity (Wildman–Crippen MR) is 86.5 cm³/mol. The molecule has 22 heavy (non-hydrogen) atoms. The number of fused-ring (bicyclic) bond motifs is 2. The number of aliphatic hydroxyl groups excluding tert-OH is 1. The molecule has 0 bridgehead atoms. The highest BCUT2D eigenvalue weighted by Gasteiger charge is 2.14. The summed E-state index contributed by atoms with van der Waals surface area (Å²) in [6.45, 7) is 1.96. The maximum atomic E-state index is 9.51. The number of nitrogens with zero attached hydrogens (tertiary/aromatic N) is 3. The highest BCUT2D eigenvalue weighted by atomic mass is 16.3. The molecule has 2 aromatic heterocycles. The van der Waals surface area contributed by atoms with E-state index in [9.17, 15) is 10.4 Å². The molecule has 3 aromatic rings. The van der Waals surface area contributed by atoms with Crippen LogP contribution in [0, 0.1) is 11.3 Å². The molecular weight excluding hydrogens is 276 g/mol. The first kappa shape index (κ1) is 14.2. The number of aromatic nitrogens is 2. The van der Waals surface area contributed by atoms with Gasteiger partial charge < -0.3 is 10.4 Å². The largest absolute Gasteiger partial charge is 0.394 e. The van der Waals surface area contributed by atoms with Gasteiger partial charge in [0.05, 0.1) is 23.7 Å². The van der Waals surface area contributed by atoms with Gasteiger partial charge in [0, 0.05) is 17.0 Å². The third-order valence-corrected chi connectivity index (χ3v) is 3.73. The van der Waals surface area contributed by atoms with Crippen LogP contribution in [0.25, 0.3) is 21.8 Å².